The van der Waals surface area contributed by atoms with Gasteiger partial charge in [-0.2, -0.15) is 0 Å². The van der Waals surface area contributed by atoms with E-state index in [4.69, 9.17) is 9.47 Å². The van der Waals surface area contributed by atoms with E-state index in [-0.39, 0.29) is 6.42 Å². The lowest BCUT2D eigenvalue weighted by Crippen LogP contribution is -2.44. The number of carbonyl (C=O) groups is 3. The van der Waals surface area contributed by atoms with Crippen molar-refractivity contribution in [1.82, 2.24) is 5.32 Å². The Morgan fingerprint density at radius 3 is 2.17 bits per heavy atom. The molecule has 0 spiro atoms. The SMILES string of the molecule is CC(=O)Oc1ccc(C[C@@H](NC(=O)OC(C)(C)C)C(=O)O)cc1. The summed E-state index contributed by atoms with van der Waals surface area (Å²) in [7, 11) is 0. The minimum absolute atomic E-state index is 0.0783. The first-order valence-electron chi connectivity index (χ1n) is 7.06. The second-order valence-corrected chi connectivity index (χ2v) is 5.98. The van der Waals surface area contributed by atoms with Crippen molar-refractivity contribution in [2.24, 2.45) is 0 Å². The highest BCUT2D eigenvalue weighted by molar-refractivity contribution is 5.80. The summed E-state index contributed by atoms with van der Waals surface area (Å²) in [5.74, 6) is -1.24. The number of benzene rings is 1. The maximum absolute atomic E-state index is 11.7. The van der Waals surface area contributed by atoms with Gasteiger partial charge in [-0.15, -0.1) is 0 Å². The van der Waals surface area contributed by atoms with E-state index in [0.29, 0.717) is 11.3 Å². The lowest BCUT2D eigenvalue weighted by molar-refractivity contribution is -0.139. The van der Waals surface area contributed by atoms with E-state index in [9.17, 15) is 19.5 Å². The monoisotopic (exact) mass is 323 g/mol. The average Bonchev–Trinajstić information content (AvgIpc) is 2.37. The number of ether oxygens (including phenoxy) is 2. The summed E-state index contributed by atoms with van der Waals surface area (Å²) in [6.45, 7) is 6.36. The van der Waals surface area contributed by atoms with Gasteiger partial charge in [0.2, 0.25) is 0 Å². The summed E-state index contributed by atoms with van der Waals surface area (Å²) in [4.78, 5) is 33.8. The standard InChI is InChI=1S/C16H21NO6/c1-10(18)22-12-7-5-11(6-8-12)9-13(14(19)20)17-15(21)23-16(2,3)4/h5-8,13H,9H2,1-4H3,(H,17,21)(H,19,20)/t13-/m1/s1. The number of carboxylic acid groups (broad SMARTS) is 1. The summed E-state index contributed by atoms with van der Waals surface area (Å²) >= 11 is 0. The van der Waals surface area contributed by atoms with Crippen LogP contribution in [-0.4, -0.2) is 34.8 Å². The van der Waals surface area contributed by atoms with Gasteiger partial charge < -0.3 is 19.9 Å². The lowest BCUT2D eigenvalue weighted by Gasteiger charge is -2.22. The molecular weight excluding hydrogens is 302 g/mol. The maximum atomic E-state index is 11.7. The Morgan fingerprint density at radius 1 is 1.17 bits per heavy atom. The second-order valence-electron chi connectivity index (χ2n) is 5.98. The van der Waals surface area contributed by atoms with Crippen molar-refractivity contribution in [2.45, 2.75) is 45.8 Å². The van der Waals surface area contributed by atoms with Gasteiger partial charge in [0.15, 0.2) is 0 Å². The van der Waals surface area contributed by atoms with Crippen molar-refractivity contribution in [1.29, 1.82) is 0 Å². The van der Waals surface area contributed by atoms with Gasteiger partial charge in [0, 0.05) is 13.3 Å². The highest BCUT2D eigenvalue weighted by Gasteiger charge is 2.24. The van der Waals surface area contributed by atoms with Crippen LogP contribution in [0.1, 0.15) is 33.3 Å². The van der Waals surface area contributed by atoms with E-state index in [1.165, 1.54) is 6.92 Å². The van der Waals surface area contributed by atoms with Crippen molar-refractivity contribution in [3.8, 4) is 5.75 Å². The highest BCUT2D eigenvalue weighted by atomic mass is 16.6. The minimum atomic E-state index is -1.17. The molecule has 0 heterocycles. The van der Waals surface area contributed by atoms with Crippen molar-refractivity contribution in [3.05, 3.63) is 29.8 Å². The van der Waals surface area contributed by atoms with E-state index < -0.39 is 29.7 Å². The molecule has 1 atom stereocenters. The van der Waals surface area contributed by atoms with Gasteiger partial charge in [0.25, 0.3) is 0 Å². The van der Waals surface area contributed by atoms with Crippen LogP contribution in [0.4, 0.5) is 4.79 Å². The van der Waals surface area contributed by atoms with E-state index in [2.05, 4.69) is 5.32 Å². The number of hydrogen-bond acceptors (Lipinski definition) is 5. The number of esters is 1. The number of nitrogens with one attached hydrogen (secondary N) is 1. The molecule has 126 valence electrons. The Balaban J connectivity index is 2.71. The van der Waals surface area contributed by atoms with E-state index in [1.807, 2.05) is 0 Å². The zero-order valence-corrected chi connectivity index (χ0v) is 13.6. The Kier molecular flexibility index (Phi) is 6.12. The summed E-state index contributed by atoms with van der Waals surface area (Å²) in [5, 5.41) is 11.5. The molecule has 1 aromatic carbocycles. The smallest absolute Gasteiger partial charge is 0.408 e. The fourth-order valence-corrected chi connectivity index (χ4v) is 1.75. The van der Waals surface area contributed by atoms with Crippen LogP contribution in [0.15, 0.2) is 24.3 Å². The third kappa shape index (κ3) is 7.30. The molecule has 7 heteroatoms. The van der Waals surface area contributed by atoms with Crippen molar-refractivity contribution < 1.29 is 29.0 Å². The Labute approximate surface area is 134 Å². The van der Waals surface area contributed by atoms with Gasteiger partial charge in [0.05, 0.1) is 0 Å². The number of aliphatic carboxylic acids is 1. The molecule has 1 amide bonds. The molecular formula is C16H21NO6. The van der Waals surface area contributed by atoms with Crippen molar-refractivity contribution in [3.63, 3.8) is 0 Å². The molecule has 0 aliphatic rings. The largest absolute Gasteiger partial charge is 0.480 e. The fourth-order valence-electron chi connectivity index (χ4n) is 1.75. The third-order valence-corrected chi connectivity index (χ3v) is 2.61. The Morgan fingerprint density at radius 2 is 1.74 bits per heavy atom. The molecule has 1 aromatic rings. The van der Waals surface area contributed by atoms with Gasteiger partial charge in [-0.3, -0.25) is 4.79 Å². The number of carboxylic acids is 1. The van der Waals surface area contributed by atoms with Gasteiger partial charge in [-0.05, 0) is 38.5 Å². The average molecular weight is 323 g/mol. The molecule has 0 saturated heterocycles. The summed E-state index contributed by atoms with van der Waals surface area (Å²) in [5.41, 5.74) is -0.0388. The molecule has 0 aliphatic carbocycles. The van der Waals surface area contributed by atoms with Crippen molar-refractivity contribution >= 4 is 18.0 Å². The first-order valence-corrected chi connectivity index (χ1v) is 7.06. The highest BCUT2D eigenvalue weighted by Crippen LogP contribution is 2.14. The molecule has 1 rings (SSSR count). The predicted octanol–water partition coefficient (Wildman–Crippen LogP) is 2.13. The van der Waals surface area contributed by atoms with Gasteiger partial charge in [0.1, 0.15) is 17.4 Å². The summed E-state index contributed by atoms with van der Waals surface area (Å²) in [6.07, 6.45) is -0.712. The minimum Gasteiger partial charge on any atom is -0.480 e. The van der Waals surface area contributed by atoms with Gasteiger partial charge in [-0.25, -0.2) is 9.59 Å². The fraction of sp³-hybridized carbons (Fsp3) is 0.438. The molecule has 0 unspecified atom stereocenters. The molecule has 0 aromatic heterocycles. The van der Waals surface area contributed by atoms with Crippen molar-refractivity contribution in [2.75, 3.05) is 0 Å². The van der Waals surface area contributed by atoms with E-state index in [0.717, 1.165) is 0 Å². The summed E-state index contributed by atoms with van der Waals surface area (Å²) < 4.78 is 9.94. The van der Waals surface area contributed by atoms with Crippen LogP contribution in [0.3, 0.4) is 0 Å². The topological polar surface area (TPSA) is 102 Å². The van der Waals surface area contributed by atoms with Crippen LogP contribution in [-0.2, 0) is 20.7 Å². The molecule has 0 fully saturated rings. The quantitative estimate of drug-likeness (QED) is 0.636. The Bertz CT molecular complexity index is 573. The predicted molar refractivity (Wildman–Crippen MR) is 82.2 cm³/mol. The number of amides is 1. The van der Waals surface area contributed by atoms with E-state index in [1.54, 1.807) is 45.0 Å². The lowest BCUT2D eigenvalue weighted by atomic mass is 10.1. The number of alkyl carbamates (subject to hydrolysis) is 1. The molecule has 0 bridgehead atoms. The molecule has 23 heavy (non-hydrogen) atoms. The van der Waals surface area contributed by atoms with Crippen LogP contribution < -0.4 is 10.1 Å². The molecule has 7 nitrogen and oxygen atoms in total. The second kappa shape index (κ2) is 7.62. The van der Waals surface area contributed by atoms with Crippen LogP contribution >= 0.6 is 0 Å². The summed E-state index contributed by atoms with van der Waals surface area (Å²) in [6, 6.07) is 5.26. The van der Waals surface area contributed by atoms with Gasteiger partial charge >= 0.3 is 18.0 Å². The molecule has 0 radical (unpaired) electrons. The molecule has 2 N–H and O–H groups in total. The zero-order chi connectivity index (χ0) is 17.6. The molecule has 0 aliphatic heterocycles. The number of rotatable bonds is 5. The first-order chi connectivity index (χ1) is 10.6. The number of carbonyl (C=O) groups excluding carboxylic acids is 2. The zero-order valence-electron chi connectivity index (χ0n) is 13.6. The van der Waals surface area contributed by atoms with Crippen LogP contribution in [0.2, 0.25) is 0 Å². The van der Waals surface area contributed by atoms with Gasteiger partial charge in [-0.1, -0.05) is 12.1 Å². The Hall–Kier alpha value is -2.57. The maximum Gasteiger partial charge on any atom is 0.408 e. The van der Waals surface area contributed by atoms with Crippen LogP contribution in [0.25, 0.3) is 0 Å². The van der Waals surface area contributed by atoms with Crippen LogP contribution in [0.5, 0.6) is 5.75 Å². The first kappa shape index (κ1) is 18.5. The third-order valence-electron chi connectivity index (χ3n) is 2.61. The normalized spacial score (nSPS) is 12.2. The van der Waals surface area contributed by atoms with E-state index >= 15 is 0 Å². The molecule has 0 saturated carbocycles. The number of hydrogen-bond donors (Lipinski definition) is 2. The van der Waals surface area contributed by atoms with Crippen LogP contribution in [0, 0.1) is 0 Å².